The fraction of sp³-hybridized carbons (Fsp3) is 0.174. The molecule has 0 N–H and O–H groups in total. The summed E-state index contributed by atoms with van der Waals surface area (Å²) in [7, 11) is 0. The van der Waals surface area contributed by atoms with Crippen LogP contribution in [0.3, 0.4) is 0 Å². The molecule has 0 amide bonds. The molecule has 1 atom stereocenters. The van der Waals surface area contributed by atoms with Crippen LogP contribution in [0, 0.1) is 19.7 Å². The van der Waals surface area contributed by atoms with Gasteiger partial charge in [-0.25, -0.2) is 4.39 Å². The Labute approximate surface area is 146 Å². The molecule has 0 radical (unpaired) electrons. The molecular formula is C23H19FN+. The lowest BCUT2D eigenvalue weighted by atomic mass is 9.94. The van der Waals surface area contributed by atoms with Crippen LogP contribution >= 0.6 is 0 Å². The predicted octanol–water partition coefficient (Wildman–Crippen LogP) is 5.63. The van der Waals surface area contributed by atoms with Gasteiger partial charge in [-0.3, -0.25) is 0 Å². The van der Waals surface area contributed by atoms with Gasteiger partial charge in [0.2, 0.25) is 5.69 Å². The molecule has 5 rings (SSSR count). The topological polar surface area (TPSA) is 3.88 Å². The zero-order valence-electron chi connectivity index (χ0n) is 14.6. The Bertz CT molecular complexity index is 1190. The smallest absolute Gasteiger partial charge is 0.207 e. The zero-order chi connectivity index (χ0) is 17.3. The van der Waals surface area contributed by atoms with Gasteiger partial charge in [-0.15, -0.1) is 0 Å². The fourth-order valence-electron chi connectivity index (χ4n) is 4.54. The molecule has 0 spiro atoms. The van der Waals surface area contributed by atoms with Crippen LogP contribution in [0.25, 0.3) is 32.8 Å². The van der Waals surface area contributed by atoms with Gasteiger partial charge in [0, 0.05) is 23.9 Å². The van der Waals surface area contributed by atoms with E-state index in [1.165, 1.54) is 39.4 Å². The second kappa shape index (κ2) is 4.89. The number of hydrogen-bond donors (Lipinski definition) is 0. The van der Waals surface area contributed by atoms with Gasteiger partial charge in [0.05, 0.1) is 10.9 Å². The van der Waals surface area contributed by atoms with Crippen LogP contribution in [-0.2, 0) is 0 Å². The molecule has 3 aromatic carbocycles. The number of halogens is 1. The van der Waals surface area contributed by atoms with Gasteiger partial charge in [0.15, 0.2) is 12.2 Å². The van der Waals surface area contributed by atoms with Crippen LogP contribution < -0.4 is 4.57 Å². The van der Waals surface area contributed by atoms with E-state index >= 15 is 0 Å². The van der Waals surface area contributed by atoms with Crippen molar-refractivity contribution in [1.82, 2.24) is 0 Å². The first-order valence-electron chi connectivity index (χ1n) is 8.72. The number of rotatable bonds is 0. The minimum Gasteiger partial charge on any atom is -0.207 e. The van der Waals surface area contributed by atoms with Crippen molar-refractivity contribution in [2.24, 2.45) is 0 Å². The number of aryl methyl sites for hydroxylation is 2. The van der Waals surface area contributed by atoms with E-state index in [0.717, 1.165) is 16.2 Å². The summed E-state index contributed by atoms with van der Waals surface area (Å²) >= 11 is 0. The van der Waals surface area contributed by atoms with Crippen molar-refractivity contribution in [2.45, 2.75) is 26.8 Å². The monoisotopic (exact) mass is 328 g/mol. The highest BCUT2D eigenvalue weighted by atomic mass is 19.1. The van der Waals surface area contributed by atoms with Gasteiger partial charge in [0.25, 0.3) is 0 Å². The molecular weight excluding hydrogens is 309 g/mol. The standard InChI is InChI=1S/C23H19FN/c1-13-10-14(2)22-15(3)25-9-8-18-19(23(25)21(22)11-13)7-5-16-4-6-17(24)12-20(16)18/h4-12,15H,1-3H3/q+1/t15-/m0/s1. The lowest BCUT2D eigenvalue weighted by Gasteiger charge is -2.06. The Balaban J connectivity index is 1.96. The van der Waals surface area contributed by atoms with E-state index in [9.17, 15) is 4.39 Å². The molecule has 2 heteroatoms. The Hall–Kier alpha value is -2.74. The maximum Gasteiger partial charge on any atom is 0.221 e. The number of nitrogens with zero attached hydrogens (tertiary/aromatic N) is 1. The van der Waals surface area contributed by atoms with E-state index in [1.54, 1.807) is 6.07 Å². The van der Waals surface area contributed by atoms with Crippen molar-refractivity contribution >= 4 is 21.5 Å². The van der Waals surface area contributed by atoms with E-state index in [0.29, 0.717) is 6.04 Å². The highest BCUT2D eigenvalue weighted by Gasteiger charge is 2.36. The van der Waals surface area contributed by atoms with Crippen LogP contribution in [0.5, 0.6) is 0 Å². The summed E-state index contributed by atoms with van der Waals surface area (Å²) in [5.41, 5.74) is 6.58. The molecule has 1 aliphatic rings. The maximum atomic E-state index is 13.8. The summed E-state index contributed by atoms with van der Waals surface area (Å²) in [4.78, 5) is 0. The zero-order valence-corrected chi connectivity index (χ0v) is 14.6. The average Bonchev–Trinajstić information content (AvgIpc) is 2.87. The van der Waals surface area contributed by atoms with Gasteiger partial charge >= 0.3 is 0 Å². The normalized spacial score (nSPS) is 15.6. The third-order valence-electron chi connectivity index (χ3n) is 5.56. The highest BCUT2D eigenvalue weighted by molar-refractivity contribution is 6.11. The molecule has 0 fully saturated rings. The second-order valence-corrected chi connectivity index (χ2v) is 7.18. The van der Waals surface area contributed by atoms with Crippen molar-refractivity contribution in [3.05, 3.63) is 77.2 Å². The van der Waals surface area contributed by atoms with Gasteiger partial charge in [0.1, 0.15) is 5.82 Å². The minimum absolute atomic E-state index is 0.186. The molecule has 0 saturated carbocycles. The van der Waals surface area contributed by atoms with Crippen molar-refractivity contribution in [3.8, 4) is 11.3 Å². The molecule has 4 aromatic rings. The summed E-state index contributed by atoms with van der Waals surface area (Å²) in [6.45, 7) is 6.60. The Morgan fingerprint density at radius 1 is 0.880 bits per heavy atom. The summed E-state index contributed by atoms with van der Waals surface area (Å²) in [6, 6.07) is 16.3. The number of aromatic nitrogens is 1. The molecule has 0 saturated heterocycles. The Morgan fingerprint density at radius 3 is 2.52 bits per heavy atom. The first kappa shape index (κ1) is 14.6. The summed E-state index contributed by atoms with van der Waals surface area (Å²) in [5.74, 6) is -0.186. The van der Waals surface area contributed by atoms with E-state index in [2.05, 4.69) is 61.9 Å². The van der Waals surface area contributed by atoms with Crippen LogP contribution in [-0.4, -0.2) is 0 Å². The quantitative estimate of drug-likeness (QED) is 0.291. The van der Waals surface area contributed by atoms with E-state index < -0.39 is 0 Å². The molecule has 25 heavy (non-hydrogen) atoms. The van der Waals surface area contributed by atoms with Crippen molar-refractivity contribution < 1.29 is 8.96 Å². The molecule has 0 unspecified atom stereocenters. The fourth-order valence-corrected chi connectivity index (χ4v) is 4.54. The van der Waals surface area contributed by atoms with Crippen molar-refractivity contribution in [1.29, 1.82) is 0 Å². The predicted molar refractivity (Wildman–Crippen MR) is 100 cm³/mol. The molecule has 1 aromatic heterocycles. The van der Waals surface area contributed by atoms with Crippen LogP contribution in [0.2, 0.25) is 0 Å². The van der Waals surface area contributed by atoms with Gasteiger partial charge < -0.3 is 0 Å². The number of fused-ring (bicyclic) bond motifs is 7. The second-order valence-electron chi connectivity index (χ2n) is 7.18. The van der Waals surface area contributed by atoms with E-state index in [1.807, 2.05) is 6.07 Å². The first-order valence-corrected chi connectivity index (χ1v) is 8.72. The molecule has 1 nitrogen and oxygen atoms in total. The number of hydrogen-bond acceptors (Lipinski definition) is 0. The maximum absolute atomic E-state index is 13.8. The van der Waals surface area contributed by atoms with Crippen molar-refractivity contribution in [2.75, 3.05) is 0 Å². The van der Waals surface area contributed by atoms with Gasteiger partial charge in [-0.2, -0.15) is 4.57 Å². The van der Waals surface area contributed by atoms with Crippen molar-refractivity contribution in [3.63, 3.8) is 0 Å². The largest absolute Gasteiger partial charge is 0.221 e. The lowest BCUT2D eigenvalue weighted by molar-refractivity contribution is -0.693. The third-order valence-corrected chi connectivity index (χ3v) is 5.56. The minimum atomic E-state index is -0.186. The van der Waals surface area contributed by atoms with E-state index in [-0.39, 0.29) is 5.82 Å². The van der Waals surface area contributed by atoms with E-state index in [4.69, 9.17) is 0 Å². The molecule has 0 bridgehead atoms. The summed E-state index contributed by atoms with van der Waals surface area (Å²) in [5, 5.41) is 4.36. The molecule has 122 valence electrons. The van der Waals surface area contributed by atoms with Crippen LogP contribution in [0.4, 0.5) is 4.39 Å². The number of benzene rings is 3. The van der Waals surface area contributed by atoms with Gasteiger partial charge in [-0.05, 0) is 60.0 Å². The molecule has 0 aliphatic carbocycles. The SMILES string of the molecule is Cc1cc(C)c2c(c1)-c1c3ccc4ccc(F)cc4c3cc[n+]1[C@H]2C. The third kappa shape index (κ3) is 1.91. The van der Waals surface area contributed by atoms with Gasteiger partial charge in [-0.1, -0.05) is 18.2 Å². The lowest BCUT2D eigenvalue weighted by Crippen LogP contribution is -2.35. The molecule has 2 heterocycles. The van der Waals surface area contributed by atoms with Crippen LogP contribution in [0.15, 0.2) is 54.7 Å². The summed E-state index contributed by atoms with van der Waals surface area (Å²) in [6.07, 6.45) is 2.15. The average molecular weight is 328 g/mol. The first-order chi connectivity index (χ1) is 12.0. The Morgan fingerprint density at radius 2 is 1.68 bits per heavy atom. The number of pyridine rings is 1. The molecule has 1 aliphatic heterocycles. The van der Waals surface area contributed by atoms with Crippen LogP contribution in [0.1, 0.15) is 29.7 Å². The highest BCUT2D eigenvalue weighted by Crippen LogP contribution is 2.41. The summed E-state index contributed by atoms with van der Waals surface area (Å²) < 4.78 is 16.2. The Kier molecular flexibility index (Phi) is 2.85.